The fourth-order valence-electron chi connectivity index (χ4n) is 1.94. The molecule has 0 atom stereocenters. The molecule has 1 aromatic heterocycles. The molecule has 1 aliphatic heterocycles. The molecule has 1 fully saturated rings. The van der Waals surface area contributed by atoms with Gasteiger partial charge in [0.15, 0.2) is 5.13 Å². The molecule has 0 bridgehead atoms. The molecule has 1 saturated heterocycles. The maximum Gasteiger partial charge on any atom is 0.185 e. The third kappa shape index (κ3) is 2.93. The van der Waals surface area contributed by atoms with Crippen LogP contribution in [0.3, 0.4) is 0 Å². The van der Waals surface area contributed by atoms with Gasteiger partial charge in [-0.05, 0) is 27.1 Å². The molecule has 2 heterocycles. The molecule has 1 N–H and O–H groups in total. The number of nitrogens with zero attached hydrogens (tertiary/aromatic N) is 3. The van der Waals surface area contributed by atoms with Crippen molar-refractivity contribution < 1.29 is 0 Å². The van der Waals surface area contributed by atoms with E-state index in [1.165, 1.54) is 18.1 Å². The number of anilines is 1. The molecule has 0 unspecified atom stereocenters. The minimum absolute atomic E-state index is 0.865. The van der Waals surface area contributed by atoms with Crippen molar-refractivity contribution in [2.24, 2.45) is 0 Å². The van der Waals surface area contributed by atoms with Crippen LogP contribution in [-0.4, -0.2) is 50.2 Å². The third-order valence-electron chi connectivity index (χ3n) is 2.89. The highest BCUT2D eigenvalue weighted by molar-refractivity contribution is 7.13. The molecule has 4 nitrogen and oxygen atoms in total. The van der Waals surface area contributed by atoms with Crippen molar-refractivity contribution in [3.05, 3.63) is 11.1 Å². The maximum atomic E-state index is 4.65. The second-order valence-corrected chi connectivity index (χ2v) is 5.13. The molecule has 0 radical (unpaired) electrons. The van der Waals surface area contributed by atoms with Gasteiger partial charge >= 0.3 is 0 Å². The van der Waals surface area contributed by atoms with Gasteiger partial charge in [0.1, 0.15) is 0 Å². The predicted octanol–water partition coefficient (Wildman–Crippen LogP) is 1.00. The van der Waals surface area contributed by atoms with Crippen LogP contribution in [0.1, 0.15) is 12.1 Å². The number of hydrogen-bond acceptors (Lipinski definition) is 5. The van der Waals surface area contributed by atoms with Crippen molar-refractivity contribution in [1.29, 1.82) is 0 Å². The lowest BCUT2D eigenvalue weighted by atomic mass is 10.4. The van der Waals surface area contributed by atoms with Crippen molar-refractivity contribution in [1.82, 2.24) is 15.2 Å². The summed E-state index contributed by atoms with van der Waals surface area (Å²) in [5.41, 5.74) is 1.15. The van der Waals surface area contributed by atoms with Crippen LogP contribution in [0.15, 0.2) is 5.38 Å². The number of hydrogen-bond donors (Lipinski definition) is 1. The molecular weight excluding hydrogens is 220 g/mol. The zero-order chi connectivity index (χ0) is 11.4. The van der Waals surface area contributed by atoms with Crippen molar-refractivity contribution in [2.75, 3.05) is 45.2 Å². The minimum atomic E-state index is 0.865. The summed E-state index contributed by atoms with van der Waals surface area (Å²) in [6, 6.07) is 0. The number of likely N-dealkylation sites (N-methyl/N-ethyl adjacent to an activating group) is 1. The Morgan fingerprint density at radius 3 is 3.06 bits per heavy atom. The van der Waals surface area contributed by atoms with Gasteiger partial charge < -0.3 is 15.1 Å². The third-order valence-corrected chi connectivity index (χ3v) is 3.84. The largest absolute Gasteiger partial charge is 0.347 e. The van der Waals surface area contributed by atoms with Gasteiger partial charge in [0.25, 0.3) is 0 Å². The summed E-state index contributed by atoms with van der Waals surface area (Å²) in [7, 11) is 4.15. The van der Waals surface area contributed by atoms with Crippen LogP contribution < -0.4 is 10.2 Å². The van der Waals surface area contributed by atoms with E-state index in [9.17, 15) is 0 Å². The Kier molecular flexibility index (Phi) is 4.15. The minimum Gasteiger partial charge on any atom is -0.347 e. The average molecular weight is 240 g/mol. The summed E-state index contributed by atoms with van der Waals surface area (Å²) >= 11 is 1.76. The normalized spacial score (nSPS) is 18.8. The second kappa shape index (κ2) is 5.61. The Labute approximate surface area is 101 Å². The predicted molar refractivity (Wildman–Crippen MR) is 69.2 cm³/mol. The molecule has 0 aliphatic carbocycles. The van der Waals surface area contributed by atoms with Gasteiger partial charge in [0, 0.05) is 31.6 Å². The van der Waals surface area contributed by atoms with E-state index in [-0.39, 0.29) is 0 Å². The van der Waals surface area contributed by atoms with Crippen LogP contribution in [0, 0.1) is 0 Å². The zero-order valence-electron chi connectivity index (χ0n) is 10.1. The molecule has 5 heteroatoms. The zero-order valence-corrected chi connectivity index (χ0v) is 10.9. The first-order valence-corrected chi connectivity index (χ1v) is 6.70. The van der Waals surface area contributed by atoms with E-state index in [1.54, 1.807) is 11.3 Å². The van der Waals surface area contributed by atoms with Crippen LogP contribution in [0.4, 0.5) is 5.13 Å². The highest BCUT2D eigenvalue weighted by Crippen LogP contribution is 2.21. The lowest BCUT2D eigenvalue weighted by molar-refractivity contribution is 0.360. The van der Waals surface area contributed by atoms with Crippen molar-refractivity contribution in [2.45, 2.75) is 13.0 Å². The number of aromatic nitrogens is 1. The lowest BCUT2D eigenvalue weighted by Gasteiger charge is -2.19. The van der Waals surface area contributed by atoms with Gasteiger partial charge in [-0.15, -0.1) is 11.3 Å². The molecule has 1 aromatic rings. The Morgan fingerprint density at radius 2 is 2.25 bits per heavy atom. The molecule has 0 spiro atoms. The summed E-state index contributed by atoms with van der Waals surface area (Å²) in [6.07, 6.45) is 1.23. The van der Waals surface area contributed by atoms with Crippen LogP contribution >= 0.6 is 11.3 Å². The lowest BCUT2D eigenvalue weighted by Crippen LogP contribution is -2.28. The van der Waals surface area contributed by atoms with E-state index in [4.69, 9.17) is 0 Å². The first kappa shape index (κ1) is 11.8. The van der Waals surface area contributed by atoms with Gasteiger partial charge in [-0.3, -0.25) is 0 Å². The number of thiazole rings is 1. The van der Waals surface area contributed by atoms with E-state index in [0.717, 1.165) is 31.9 Å². The van der Waals surface area contributed by atoms with Crippen LogP contribution in [0.5, 0.6) is 0 Å². The van der Waals surface area contributed by atoms with Crippen molar-refractivity contribution in [3.8, 4) is 0 Å². The highest BCUT2D eigenvalue weighted by atomic mass is 32.1. The quantitative estimate of drug-likeness (QED) is 0.854. The molecule has 0 saturated carbocycles. The molecule has 2 rings (SSSR count). The van der Waals surface area contributed by atoms with Gasteiger partial charge in [-0.25, -0.2) is 4.98 Å². The molecule has 0 aromatic carbocycles. The smallest absolute Gasteiger partial charge is 0.185 e. The Hall–Kier alpha value is -0.650. The molecule has 0 amide bonds. The van der Waals surface area contributed by atoms with E-state index in [2.05, 4.69) is 32.5 Å². The van der Waals surface area contributed by atoms with E-state index < -0.39 is 0 Å². The Morgan fingerprint density at radius 1 is 1.38 bits per heavy atom. The second-order valence-electron chi connectivity index (χ2n) is 4.30. The first-order valence-electron chi connectivity index (χ1n) is 5.82. The van der Waals surface area contributed by atoms with E-state index >= 15 is 0 Å². The van der Waals surface area contributed by atoms with Gasteiger partial charge in [-0.1, -0.05) is 0 Å². The van der Waals surface area contributed by atoms with Gasteiger partial charge in [-0.2, -0.15) is 0 Å². The average Bonchev–Trinajstić information content (AvgIpc) is 2.62. The number of nitrogens with one attached hydrogen (secondary N) is 1. The monoisotopic (exact) mass is 240 g/mol. The molecule has 1 aliphatic rings. The fourth-order valence-corrected chi connectivity index (χ4v) is 2.82. The number of rotatable bonds is 3. The SMILES string of the molecule is CNCc1csc(N2CCCN(C)CC2)n1. The Bertz CT molecular complexity index is 326. The summed E-state index contributed by atoms with van der Waals surface area (Å²) in [4.78, 5) is 9.45. The summed E-state index contributed by atoms with van der Waals surface area (Å²) in [5, 5.41) is 6.47. The molecule has 16 heavy (non-hydrogen) atoms. The summed E-state index contributed by atoms with van der Waals surface area (Å²) in [6.45, 7) is 5.44. The first-order chi connectivity index (χ1) is 7.79. The topological polar surface area (TPSA) is 31.4 Å². The van der Waals surface area contributed by atoms with Gasteiger partial charge in [0.2, 0.25) is 0 Å². The summed E-state index contributed by atoms with van der Waals surface area (Å²) in [5.74, 6) is 0. The van der Waals surface area contributed by atoms with E-state index in [0.29, 0.717) is 0 Å². The summed E-state index contributed by atoms with van der Waals surface area (Å²) < 4.78 is 0. The van der Waals surface area contributed by atoms with Crippen LogP contribution in [-0.2, 0) is 6.54 Å². The fraction of sp³-hybridized carbons (Fsp3) is 0.727. The van der Waals surface area contributed by atoms with Crippen LogP contribution in [0.2, 0.25) is 0 Å². The van der Waals surface area contributed by atoms with Crippen molar-refractivity contribution >= 4 is 16.5 Å². The standard InChI is InChI=1S/C11H20N4S/c1-12-8-10-9-16-11(13-10)15-5-3-4-14(2)6-7-15/h9,12H,3-8H2,1-2H3. The Balaban J connectivity index is 1.99. The van der Waals surface area contributed by atoms with E-state index in [1.807, 2.05) is 7.05 Å². The molecular formula is C11H20N4S. The van der Waals surface area contributed by atoms with Crippen molar-refractivity contribution in [3.63, 3.8) is 0 Å². The van der Waals surface area contributed by atoms with Gasteiger partial charge in [0.05, 0.1) is 5.69 Å². The maximum absolute atomic E-state index is 4.65. The van der Waals surface area contributed by atoms with Crippen LogP contribution in [0.25, 0.3) is 0 Å². The molecule has 90 valence electrons. The highest BCUT2D eigenvalue weighted by Gasteiger charge is 2.15.